The van der Waals surface area contributed by atoms with Crippen LogP contribution in [0.2, 0.25) is 0 Å². The van der Waals surface area contributed by atoms with Gasteiger partial charge in [-0.2, -0.15) is 4.98 Å². The Morgan fingerprint density at radius 1 is 1.28 bits per heavy atom. The van der Waals surface area contributed by atoms with Crippen LogP contribution in [0, 0.1) is 13.8 Å². The fourth-order valence-corrected chi connectivity index (χ4v) is 4.22. The predicted molar refractivity (Wildman–Crippen MR) is 123 cm³/mol. The first-order valence-corrected chi connectivity index (χ1v) is 11.5. The zero-order valence-corrected chi connectivity index (χ0v) is 19.4. The van der Waals surface area contributed by atoms with E-state index in [0.717, 1.165) is 40.8 Å². The number of hydrogen-bond acceptors (Lipinski definition) is 8. The van der Waals surface area contributed by atoms with Gasteiger partial charge in [-0.25, -0.2) is 0 Å². The SMILES string of the molecule is CCCCc1ccc(-c2nc(-c3cc(C)c(OC[C@H](O)CNC(=O)CO)c(C)c3)no2)s1. The third-order valence-corrected chi connectivity index (χ3v) is 6.03. The van der Waals surface area contributed by atoms with Gasteiger partial charge in [-0.05, 0) is 62.1 Å². The third-order valence-electron chi connectivity index (χ3n) is 4.89. The van der Waals surface area contributed by atoms with Crippen molar-refractivity contribution in [1.82, 2.24) is 15.5 Å². The molecule has 0 aliphatic heterocycles. The molecule has 0 saturated heterocycles. The molecule has 1 amide bonds. The van der Waals surface area contributed by atoms with Gasteiger partial charge in [0.2, 0.25) is 11.7 Å². The summed E-state index contributed by atoms with van der Waals surface area (Å²) in [6, 6.07) is 7.97. The second-order valence-electron chi connectivity index (χ2n) is 7.66. The van der Waals surface area contributed by atoms with Crippen LogP contribution in [0.25, 0.3) is 22.2 Å². The third kappa shape index (κ3) is 6.15. The number of aliphatic hydroxyl groups is 2. The Hall–Kier alpha value is -2.75. The van der Waals surface area contributed by atoms with Crippen LogP contribution >= 0.6 is 11.3 Å². The molecule has 32 heavy (non-hydrogen) atoms. The molecule has 1 aromatic carbocycles. The summed E-state index contributed by atoms with van der Waals surface area (Å²) in [7, 11) is 0. The quantitative estimate of drug-likeness (QED) is 0.403. The van der Waals surface area contributed by atoms with Gasteiger partial charge in [0.05, 0.1) is 4.88 Å². The lowest BCUT2D eigenvalue weighted by Crippen LogP contribution is -2.36. The zero-order valence-electron chi connectivity index (χ0n) is 18.6. The first-order valence-electron chi connectivity index (χ1n) is 10.6. The van der Waals surface area contributed by atoms with Crippen molar-refractivity contribution in [2.75, 3.05) is 19.8 Å². The van der Waals surface area contributed by atoms with Gasteiger partial charge in [-0.3, -0.25) is 4.79 Å². The number of carbonyl (C=O) groups is 1. The Morgan fingerprint density at radius 3 is 2.72 bits per heavy atom. The van der Waals surface area contributed by atoms with Crippen LogP contribution in [0.4, 0.5) is 0 Å². The Labute approximate surface area is 191 Å². The lowest BCUT2D eigenvalue weighted by atomic mass is 10.1. The highest BCUT2D eigenvalue weighted by Crippen LogP contribution is 2.32. The van der Waals surface area contributed by atoms with E-state index in [2.05, 4.69) is 28.4 Å². The molecular weight excluding hydrogens is 430 g/mol. The summed E-state index contributed by atoms with van der Waals surface area (Å²) in [6.45, 7) is 5.40. The highest BCUT2D eigenvalue weighted by Gasteiger charge is 2.16. The topological polar surface area (TPSA) is 118 Å². The number of hydrogen-bond donors (Lipinski definition) is 3. The van der Waals surface area contributed by atoms with Crippen molar-refractivity contribution in [2.45, 2.75) is 46.1 Å². The number of aliphatic hydroxyl groups excluding tert-OH is 2. The molecule has 3 rings (SSSR count). The lowest BCUT2D eigenvalue weighted by Gasteiger charge is -2.16. The molecule has 2 heterocycles. The van der Waals surface area contributed by atoms with Gasteiger partial charge in [0.15, 0.2) is 0 Å². The van der Waals surface area contributed by atoms with E-state index in [1.54, 1.807) is 11.3 Å². The number of aryl methyl sites for hydroxylation is 3. The van der Waals surface area contributed by atoms with Crippen LogP contribution in [0.5, 0.6) is 5.75 Å². The van der Waals surface area contributed by atoms with E-state index >= 15 is 0 Å². The number of benzene rings is 1. The summed E-state index contributed by atoms with van der Waals surface area (Å²) in [5, 5.41) is 25.2. The smallest absolute Gasteiger partial charge is 0.268 e. The van der Waals surface area contributed by atoms with Gasteiger partial charge in [0.25, 0.3) is 5.89 Å². The minimum Gasteiger partial charge on any atom is -0.490 e. The zero-order chi connectivity index (χ0) is 23.1. The minimum absolute atomic E-state index is 0.00405. The van der Waals surface area contributed by atoms with Crippen LogP contribution in [-0.2, 0) is 11.2 Å². The fourth-order valence-electron chi connectivity index (χ4n) is 3.25. The Morgan fingerprint density at radius 2 is 2.03 bits per heavy atom. The largest absolute Gasteiger partial charge is 0.490 e. The number of rotatable bonds is 11. The van der Waals surface area contributed by atoms with Crippen LogP contribution in [0.15, 0.2) is 28.8 Å². The van der Waals surface area contributed by atoms with Crippen molar-refractivity contribution < 1.29 is 24.3 Å². The van der Waals surface area contributed by atoms with Crippen molar-refractivity contribution in [2.24, 2.45) is 0 Å². The van der Waals surface area contributed by atoms with E-state index in [1.165, 1.54) is 4.88 Å². The first kappa shape index (κ1) is 23.9. The molecule has 1 atom stereocenters. The van der Waals surface area contributed by atoms with E-state index in [9.17, 15) is 9.90 Å². The molecular formula is C23H29N3O5S. The fraction of sp³-hybridized carbons (Fsp3) is 0.435. The molecule has 3 aromatic rings. The monoisotopic (exact) mass is 459 g/mol. The summed E-state index contributed by atoms with van der Waals surface area (Å²) < 4.78 is 11.3. The van der Waals surface area contributed by atoms with Crippen molar-refractivity contribution in [3.8, 4) is 27.9 Å². The summed E-state index contributed by atoms with van der Waals surface area (Å²) >= 11 is 1.68. The van der Waals surface area contributed by atoms with E-state index < -0.39 is 18.6 Å². The average Bonchev–Trinajstić information content (AvgIpc) is 3.45. The maximum absolute atomic E-state index is 11.1. The average molecular weight is 460 g/mol. The molecule has 0 radical (unpaired) electrons. The number of ether oxygens (including phenoxy) is 1. The van der Waals surface area contributed by atoms with E-state index in [-0.39, 0.29) is 13.2 Å². The molecule has 172 valence electrons. The maximum atomic E-state index is 11.1. The van der Waals surface area contributed by atoms with Gasteiger partial charge < -0.3 is 24.8 Å². The molecule has 0 aliphatic rings. The normalized spacial score (nSPS) is 12.0. The summed E-state index contributed by atoms with van der Waals surface area (Å²) in [5.74, 6) is 1.13. The standard InChI is InChI=1S/C23H29N3O5S/c1-4-5-6-18-7-8-19(32-18)23-25-22(26-31-23)16-9-14(2)21(15(3)10-16)30-13-17(28)11-24-20(29)12-27/h7-10,17,27-28H,4-6,11-13H2,1-3H3,(H,24,29)/t17-/m1/s1. The molecule has 0 spiro atoms. The van der Waals surface area contributed by atoms with Crippen molar-refractivity contribution >= 4 is 17.2 Å². The molecule has 0 fully saturated rings. The number of unbranched alkanes of at least 4 members (excludes halogenated alkanes) is 1. The first-order chi connectivity index (χ1) is 15.4. The van der Waals surface area contributed by atoms with E-state index in [4.69, 9.17) is 14.4 Å². The summed E-state index contributed by atoms with van der Waals surface area (Å²) in [5.41, 5.74) is 2.56. The number of amides is 1. The molecule has 3 N–H and O–H groups in total. The van der Waals surface area contributed by atoms with E-state index in [0.29, 0.717) is 17.5 Å². The van der Waals surface area contributed by atoms with Gasteiger partial charge in [0.1, 0.15) is 25.1 Å². The van der Waals surface area contributed by atoms with Crippen LogP contribution in [-0.4, -0.2) is 52.1 Å². The molecule has 0 saturated carbocycles. The number of nitrogens with zero attached hydrogens (tertiary/aromatic N) is 2. The van der Waals surface area contributed by atoms with Crippen molar-refractivity contribution in [1.29, 1.82) is 0 Å². The van der Waals surface area contributed by atoms with Crippen molar-refractivity contribution in [3.63, 3.8) is 0 Å². The Bertz CT molecular complexity index is 1020. The van der Waals surface area contributed by atoms with E-state index in [1.807, 2.05) is 32.0 Å². The molecule has 8 nitrogen and oxygen atoms in total. The second kappa shape index (κ2) is 11.2. The highest BCUT2D eigenvalue weighted by molar-refractivity contribution is 7.15. The summed E-state index contributed by atoms with van der Waals surface area (Å²) in [4.78, 5) is 17.9. The molecule has 9 heteroatoms. The van der Waals surface area contributed by atoms with Gasteiger partial charge >= 0.3 is 0 Å². The second-order valence-corrected chi connectivity index (χ2v) is 8.83. The summed E-state index contributed by atoms with van der Waals surface area (Å²) in [6.07, 6.45) is 2.49. The number of aromatic nitrogens is 2. The lowest BCUT2D eigenvalue weighted by molar-refractivity contribution is -0.124. The Balaban J connectivity index is 1.67. The molecule has 2 aromatic heterocycles. The Kier molecular flexibility index (Phi) is 8.38. The number of thiophene rings is 1. The van der Waals surface area contributed by atoms with Gasteiger partial charge in [-0.15, -0.1) is 11.3 Å². The van der Waals surface area contributed by atoms with Crippen LogP contribution in [0.3, 0.4) is 0 Å². The highest BCUT2D eigenvalue weighted by atomic mass is 32.1. The number of carbonyl (C=O) groups excluding carboxylic acids is 1. The van der Waals surface area contributed by atoms with Gasteiger partial charge in [0, 0.05) is 17.0 Å². The predicted octanol–water partition coefficient (Wildman–Crippen LogP) is 3.27. The van der Waals surface area contributed by atoms with Crippen LogP contribution < -0.4 is 10.1 Å². The van der Waals surface area contributed by atoms with Gasteiger partial charge in [-0.1, -0.05) is 18.5 Å². The molecule has 0 bridgehead atoms. The molecule has 0 aliphatic carbocycles. The van der Waals surface area contributed by atoms with Crippen molar-refractivity contribution in [3.05, 3.63) is 40.3 Å². The minimum atomic E-state index is -0.892. The maximum Gasteiger partial charge on any atom is 0.268 e. The van der Waals surface area contributed by atoms with Crippen LogP contribution in [0.1, 0.15) is 35.8 Å². The molecule has 0 unspecified atom stereocenters. The number of nitrogens with one attached hydrogen (secondary N) is 1.